The standard InChI is InChI=1S/C12H8I2O2S/c13-9-5-7(1-3-11(9)15)17-8-2-4-12(16)10(14)6-8/h1-6,15-16H. The first-order valence-electron chi connectivity index (χ1n) is 4.71. The molecule has 0 atom stereocenters. The molecule has 0 spiro atoms. The van der Waals surface area contributed by atoms with Crippen LogP contribution in [0.1, 0.15) is 0 Å². The van der Waals surface area contributed by atoms with Crippen molar-refractivity contribution in [1.29, 1.82) is 0 Å². The van der Waals surface area contributed by atoms with Crippen LogP contribution in [0.15, 0.2) is 46.2 Å². The summed E-state index contributed by atoms with van der Waals surface area (Å²) >= 11 is 5.80. The molecule has 0 fully saturated rings. The Labute approximate surface area is 131 Å². The summed E-state index contributed by atoms with van der Waals surface area (Å²) in [5, 5.41) is 18.9. The topological polar surface area (TPSA) is 40.5 Å². The van der Waals surface area contributed by atoms with Crippen molar-refractivity contribution in [2.75, 3.05) is 0 Å². The van der Waals surface area contributed by atoms with Gasteiger partial charge in [-0.15, -0.1) is 0 Å². The molecule has 0 amide bonds. The molecular weight excluding hydrogens is 462 g/mol. The molecule has 0 unspecified atom stereocenters. The van der Waals surface area contributed by atoms with Gasteiger partial charge in [0, 0.05) is 9.79 Å². The Bertz CT molecular complexity index is 509. The lowest BCUT2D eigenvalue weighted by molar-refractivity contribution is 0.470. The second-order valence-corrected chi connectivity index (χ2v) is 6.80. The summed E-state index contributed by atoms with van der Waals surface area (Å²) in [6.07, 6.45) is 0. The summed E-state index contributed by atoms with van der Waals surface area (Å²) in [5.74, 6) is 0.602. The third-order valence-electron chi connectivity index (χ3n) is 2.07. The molecule has 0 aliphatic carbocycles. The Morgan fingerprint density at radius 2 is 1.18 bits per heavy atom. The third kappa shape index (κ3) is 3.41. The van der Waals surface area contributed by atoms with Gasteiger partial charge in [-0.2, -0.15) is 0 Å². The van der Waals surface area contributed by atoms with E-state index < -0.39 is 0 Å². The van der Waals surface area contributed by atoms with E-state index in [1.807, 2.05) is 24.3 Å². The summed E-state index contributed by atoms with van der Waals surface area (Å²) in [4.78, 5) is 2.13. The van der Waals surface area contributed by atoms with E-state index in [4.69, 9.17) is 0 Å². The third-order valence-corrected chi connectivity index (χ3v) is 4.78. The van der Waals surface area contributed by atoms with Crippen molar-refractivity contribution in [3.8, 4) is 11.5 Å². The van der Waals surface area contributed by atoms with E-state index in [0.29, 0.717) is 11.5 Å². The fourth-order valence-electron chi connectivity index (χ4n) is 1.24. The Hall–Kier alpha value is -0.150. The molecule has 2 N–H and O–H groups in total. The van der Waals surface area contributed by atoms with Crippen LogP contribution in [0.2, 0.25) is 0 Å². The van der Waals surface area contributed by atoms with Crippen LogP contribution in [0.25, 0.3) is 0 Å². The molecule has 0 aliphatic heterocycles. The number of hydrogen-bond acceptors (Lipinski definition) is 3. The molecule has 2 aromatic rings. The Morgan fingerprint density at radius 3 is 1.53 bits per heavy atom. The van der Waals surface area contributed by atoms with Gasteiger partial charge in [-0.05, 0) is 81.6 Å². The van der Waals surface area contributed by atoms with Crippen LogP contribution >= 0.6 is 56.9 Å². The van der Waals surface area contributed by atoms with Crippen LogP contribution in [-0.2, 0) is 0 Å². The van der Waals surface area contributed by atoms with Crippen LogP contribution in [0.3, 0.4) is 0 Å². The van der Waals surface area contributed by atoms with Crippen molar-refractivity contribution >= 4 is 56.9 Å². The second-order valence-electron chi connectivity index (χ2n) is 3.33. The van der Waals surface area contributed by atoms with Gasteiger partial charge < -0.3 is 10.2 Å². The summed E-state index contributed by atoms with van der Waals surface area (Å²) in [7, 11) is 0. The normalized spacial score (nSPS) is 10.5. The first-order valence-corrected chi connectivity index (χ1v) is 7.68. The zero-order chi connectivity index (χ0) is 12.4. The Kier molecular flexibility index (Phi) is 4.42. The van der Waals surface area contributed by atoms with E-state index in [1.165, 1.54) is 0 Å². The molecule has 0 heterocycles. The predicted octanol–water partition coefficient (Wildman–Crippen LogP) is 4.46. The number of halogens is 2. The Morgan fingerprint density at radius 1 is 0.765 bits per heavy atom. The van der Waals surface area contributed by atoms with E-state index in [-0.39, 0.29) is 0 Å². The monoisotopic (exact) mass is 470 g/mol. The fraction of sp³-hybridized carbons (Fsp3) is 0. The maximum atomic E-state index is 9.44. The molecule has 0 bridgehead atoms. The zero-order valence-corrected chi connectivity index (χ0v) is 13.7. The lowest BCUT2D eigenvalue weighted by atomic mass is 10.3. The van der Waals surface area contributed by atoms with E-state index in [1.54, 1.807) is 23.9 Å². The minimum absolute atomic E-state index is 0.301. The van der Waals surface area contributed by atoms with Crippen LogP contribution in [0.4, 0.5) is 0 Å². The molecule has 0 aromatic heterocycles. The molecular formula is C12H8I2O2S. The SMILES string of the molecule is Oc1ccc(Sc2ccc(O)c(I)c2)cc1I. The van der Waals surface area contributed by atoms with E-state index >= 15 is 0 Å². The highest BCUT2D eigenvalue weighted by Gasteiger charge is 2.04. The van der Waals surface area contributed by atoms with Gasteiger partial charge in [0.2, 0.25) is 0 Å². The highest BCUT2D eigenvalue weighted by atomic mass is 127. The Balaban J connectivity index is 2.25. The summed E-state index contributed by atoms with van der Waals surface area (Å²) < 4.78 is 1.67. The van der Waals surface area contributed by atoms with Crippen molar-refractivity contribution < 1.29 is 10.2 Å². The van der Waals surface area contributed by atoms with Crippen LogP contribution in [-0.4, -0.2) is 10.2 Å². The van der Waals surface area contributed by atoms with E-state index in [9.17, 15) is 10.2 Å². The molecule has 2 nitrogen and oxygen atoms in total. The quantitative estimate of drug-likeness (QED) is 0.638. The average molecular weight is 470 g/mol. The first kappa shape index (κ1) is 13.3. The molecule has 0 radical (unpaired) electrons. The van der Waals surface area contributed by atoms with E-state index in [2.05, 4.69) is 45.2 Å². The van der Waals surface area contributed by atoms with Gasteiger partial charge in [-0.1, -0.05) is 11.8 Å². The number of hydrogen-bond donors (Lipinski definition) is 2. The number of phenolic OH excluding ortho intramolecular Hbond substituents is 2. The largest absolute Gasteiger partial charge is 0.507 e. The van der Waals surface area contributed by atoms with Crippen molar-refractivity contribution in [2.24, 2.45) is 0 Å². The van der Waals surface area contributed by atoms with Gasteiger partial charge in [0.1, 0.15) is 11.5 Å². The number of benzene rings is 2. The summed E-state index contributed by atoms with van der Waals surface area (Å²) in [5.41, 5.74) is 0. The maximum Gasteiger partial charge on any atom is 0.128 e. The molecule has 5 heteroatoms. The molecule has 2 aromatic carbocycles. The fourth-order valence-corrected chi connectivity index (χ4v) is 3.59. The van der Waals surface area contributed by atoms with Crippen molar-refractivity contribution in [2.45, 2.75) is 9.79 Å². The molecule has 0 saturated heterocycles. The number of rotatable bonds is 2. The lowest BCUT2D eigenvalue weighted by Crippen LogP contribution is -1.79. The highest BCUT2D eigenvalue weighted by Crippen LogP contribution is 2.33. The van der Waals surface area contributed by atoms with Crippen molar-refractivity contribution in [1.82, 2.24) is 0 Å². The summed E-state index contributed by atoms with van der Waals surface area (Å²) in [6.45, 7) is 0. The van der Waals surface area contributed by atoms with Crippen LogP contribution < -0.4 is 0 Å². The van der Waals surface area contributed by atoms with Crippen molar-refractivity contribution in [3.05, 3.63) is 43.5 Å². The van der Waals surface area contributed by atoms with Crippen molar-refractivity contribution in [3.63, 3.8) is 0 Å². The van der Waals surface area contributed by atoms with Crippen LogP contribution in [0, 0.1) is 7.14 Å². The molecule has 0 aliphatic rings. The number of phenols is 2. The van der Waals surface area contributed by atoms with Gasteiger partial charge >= 0.3 is 0 Å². The van der Waals surface area contributed by atoms with Gasteiger partial charge in [0.15, 0.2) is 0 Å². The molecule has 88 valence electrons. The van der Waals surface area contributed by atoms with Gasteiger partial charge in [0.05, 0.1) is 7.14 Å². The average Bonchev–Trinajstić information content (AvgIpc) is 2.29. The minimum Gasteiger partial charge on any atom is -0.507 e. The minimum atomic E-state index is 0.301. The first-order chi connectivity index (χ1) is 8.06. The lowest BCUT2D eigenvalue weighted by Gasteiger charge is -2.05. The second kappa shape index (κ2) is 5.66. The van der Waals surface area contributed by atoms with Gasteiger partial charge in [-0.25, -0.2) is 0 Å². The van der Waals surface area contributed by atoms with Crippen LogP contribution in [0.5, 0.6) is 11.5 Å². The van der Waals surface area contributed by atoms with Gasteiger partial charge in [0.25, 0.3) is 0 Å². The molecule has 2 rings (SSSR count). The number of aromatic hydroxyl groups is 2. The van der Waals surface area contributed by atoms with Gasteiger partial charge in [-0.3, -0.25) is 0 Å². The maximum absolute atomic E-state index is 9.44. The zero-order valence-electron chi connectivity index (χ0n) is 8.52. The smallest absolute Gasteiger partial charge is 0.128 e. The molecule has 17 heavy (non-hydrogen) atoms. The summed E-state index contributed by atoms with van der Waals surface area (Å²) in [6, 6.07) is 11.0. The highest BCUT2D eigenvalue weighted by molar-refractivity contribution is 14.1. The van der Waals surface area contributed by atoms with E-state index in [0.717, 1.165) is 16.9 Å². The predicted molar refractivity (Wildman–Crippen MR) is 85.8 cm³/mol. The molecule has 0 saturated carbocycles.